The van der Waals surface area contributed by atoms with Crippen LogP contribution in [0.15, 0.2) is 71.6 Å². The number of hydrogen-bond acceptors (Lipinski definition) is 28. The van der Waals surface area contributed by atoms with Gasteiger partial charge in [-0.2, -0.15) is 8.42 Å². The zero-order chi connectivity index (χ0) is 84.0. The van der Waals surface area contributed by atoms with Crippen molar-refractivity contribution in [1.29, 1.82) is 0 Å². The van der Waals surface area contributed by atoms with E-state index >= 15 is 4.79 Å². The van der Waals surface area contributed by atoms with E-state index in [9.17, 15) is 77.7 Å². The van der Waals surface area contributed by atoms with E-state index in [1.165, 1.54) is 69.7 Å². The Hall–Kier alpha value is -9.24. The van der Waals surface area contributed by atoms with Crippen molar-refractivity contribution in [2.75, 3.05) is 137 Å². The summed E-state index contributed by atoms with van der Waals surface area (Å²) in [5.41, 5.74) is -3.31. The Morgan fingerprint density at radius 3 is 1.28 bits per heavy atom. The Bertz CT molecular complexity index is 4700. The highest BCUT2D eigenvalue weighted by Gasteiger charge is 2.50. The van der Waals surface area contributed by atoms with Gasteiger partial charge in [-0.1, -0.05) is 40.5 Å². The minimum Gasteiger partial charge on any atom is -0.464 e. The van der Waals surface area contributed by atoms with Gasteiger partial charge in [0.2, 0.25) is 5.36 Å². The number of aliphatic hydroxyl groups excluding tert-OH is 7. The first-order valence-corrected chi connectivity index (χ1v) is 40.0. The number of aryl methyl sites for hydroxylation is 7. The summed E-state index contributed by atoms with van der Waals surface area (Å²) in [5, 5.41) is 73.9. The van der Waals surface area contributed by atoms with Crippen LogP contribution in [0.5, 0.6) is 11.5 Å². The topological polar surface area (TPSA) is 411 Å². The van der Waals surface area contributed by atoms with Crippen molar-refractivity contribution in [3.8, 4) is 11.5 Å². The molecule has 0 spiro atoms. The fourth-order valence-electron chi connectivity index (χ4n) is 14.6. The number of rotatable bonds is 36. The molecule has 2 atom stereocenters. The van der Waals surface area contributed by atoms with Gasteiger partial charge < -0.3 is 83.3 Å². The number of carbonyl (C=O) groups excluding carboxylic acids is 8. The summed E-state index contributed by atoms with van der Waals surface area (Å²) in [4.78, 5) is 116. The molecule has 5 heterocycles. The van der Waals surface area contributed by atoms with Crippen LogP contribution in [-0.2, 0) is 107 Å². The molecule has 0 saturated heterocycles. The minimum atomic E-state index is -4.80. The molecule has 0 radical (unpaired) electrons. The summed E-state index contributed by atoms with van der Waals surface area (Å²) in [6, 6.07) is 18.6. The standard InChI is InChI=1S/C85H107N2O27S/c1-51-26-52(2)29-58(28-51)71(95)105-47-85(48-106-72(96)59-30-53(3)27-54(4)31-59,49-111-77(101)83(10,42-107-73(97)79(6,35-88)36-89)43-108-74(98)80(7,37-90)38-91)50-112-78(102)84(11,44-109-75(99)81(8,39-92)40-93)45-110-76(100)82(9,41-94)46-113-115(103,104)60-20-21-61(55(5)32-60)66-64-33-56-16-12-22-86-24-14-18-62(67(56)86)69(64)114-70-63-19-15-25-87-23-13-17-57(68(63)87)34-65(66)70/h20-21,26-34,88-94H,12-19,22-25,35-50H2,1-11H3/q+1. The van der Waals surface area contributed by atoms with E-state index in [2.05, 4.69) is 21.6 Å². The molecule has 0 amide bonds. The predicted molar refractivity (Wildman–Crippen MR) is 413 cm³/mol. The van der Waals surface area contributed by atoms with Gasteiger partial charge in [-0.15, -0.1) is 0 Å². The van der Waals surface area contributed by atoms with Gasteiger partial charge in [0.05, 0.1) is 74.4 Å². The number of esters is 8. The SMILES string of the molecule is Cc1cc(C)cc(C(=O)OCC(COC(=O)c2cc(C)cc(C)c2)(COC(=O)C(C)(COC(=O)C(C)(CO)CO)COC(=O)C(C)(CO)CO)COC(=O)C(C)(COC(=O)C(C)(CO)CO)COC(=O)C(C)(CO)COS(=O)(=O)c2ccc(C3=c4cc5c6c(c4Oc4c3cc3c7c4CCCN7CCC3)CCC[N+]=6CCC5)c(C)c2)c1. The van der Waals surface area contributed by atoms with E-state index in [0.29, 0.717) is 27.8 Å². The summed E-state index contributed by atoms with van der Waals surface area (Å²) >= 11 is 0. The number of carbonyl (C=O) groups is 8. The van der Waals surface area contributed by atoms with Gasteiger partial charge in [0.15, 0.2) is 0 Å². The number of ether oxygens (including phenoxy) is 9. The minimum absolute atomic E-state index is 0.00888. The Morgan fingerprint density at radius 1 is 0.426 bits per heavy atom. The Kier molecular flexibility index (Phi) is 27.4. The lowest BCUT2D eigenvalue weighted by molar-refractivity contribution is -0.184. The maximum atomic E-state index is 15.3. The maximum absolute atomic E-state index is 15.3. The molecule has 0 aromatic heterocycles. The lowest BCUT2D eigenvalue weighted by Gasteiger charge is -2.39. The second-order valence-electron chi connectivity index (χ2n) is 33.4. The molecule has 5 aromatic rings. The van der Waals surface area contributed by atoms with Gasteiger partial charge in [-0.3, -0.25) is 33.0 Å². The Morgan fingerprint density at radius 2 is 0.826 bits per heavy atom. The Labute approximate surface area is 668 Å². The number of hydrogen-bond donors (Lipinski definition) is 7. The summed E-state index contributed by atoms with van der Waals surface area (Å²) in [7, 11) is -4.80. The van der Waals surface area contributed by atoms with Crippen LogP contribution >= 0.6 is 0 Å². The largest absolute Gasteiger partial charge is 0.464 e. The van der Waals surface area contributed by atoms with Crippen LogP contribution in [0.1, 0.15) is 149 Å². The molecule has 5 aliphatic heterocycles. The van der Waals surface area contributed by atoms with Crippen molar-refractivity contribution < 1.29 is 129 Å². The van der Waals surface area contributed by atoms with Crippen LogP contribution in [0.4, 0.5) is 5.69 Å². The summed E-state index contributed by atoms with van der Waals surface area (Å²) in [6.45, 7) is 2.97. The molecule has 30 heteroatoms. The zero-order valence-electron chi connectivity index (χ0n) is 67.2. The molecule has 0 saturated carbocycles. The zero-order valence-corrected chi connectivity index (χ0v) is 68.1. The van der Waals surface area contributed by atoms with Gasteiger partial charge in [0.1, 0.15) is 115 Å². The third-order valence-electron chi connectivity index (χ3n) is 22.4. The van der Waals surface area contributed by atoms with Crippen molar-refractivity contribution in [3.05, 3.63) is 150 Å². The molecular weight excluding hydrogens is 1510 g/mol. The molecule has 10 rings (SSSR count). The highest BCUT2D eigenvalue weighted by atomic mass is 32.2. The first kappa shape index (κ1) is 88.1. The van der Waals surface area contributed by atoms with Gasteiger partial charge in [-0.25, -0.2) is 14.2 Å². The van der Waals surface area contributed by atoms with E-state index in [1.807, 2.05) is 6.92 Å². The molecule has 115 heavy (non-hydrogen) atoms. The molecular formula is C85H107N2O27S+. The first-order chi connectivity index (χ1) is 54.3. The summed E-state index contributed by atoms with van der Waals surface area (Å²) in [6.07, 6.45) is 7.37. The fraction of sp³-hybridized carbons (Fsp3) is 0.541. The normalized spacial score (nSPS) is 15.7. The van der Waals surface area contributed by atoms with Gasteiger partial charge in [0.25, 0.3) is 10.1 Å². The quantitative estimate of drug-likeness (QED) is 0.0125. The predicted octanol–water partition coefficient (Wildman–Crippen LogP) is 4.31. The van der Waals surface area contributed by atoms with E-state index < -0.39 is 201 Å². The molecule has 29 nitrogen and oxygen atoms in total. The van der Waals surface area contributed by atoms with Crippen molar-refractivity contribution in [1.82, 2.24) is 4.58 Å². The van der Waals surface area contributed by atoms with Crippen LogP contribution in [0.3, 0.4) is 0 Å². The van der Waals surface area contributed by atoms with E-state index in [1.54, 1.807) is 45.9 Å². The first-order valence-electron chi connectivity index (χ1n) is 38.6. The lowest BCUT2D eigenvalue weighted by Crippen LogP contribution is -2.49. The second-order valence-corrected chi connectivity index (χ2v) is 35.0. The molecule has 5 aromatic carbocycles. The van der Waals surface area contributed by atoms with Crippen LogP contribution in [0.25, 0.3) is 5.57 Å². The van der Waals surface area contributed by atoms with Gasteiger partial charge >= 0.3 is 47.8 Å². The number of anilines is 1. The van der Waals surface area contributed by atoms with Crippen molar-refractivity contribution >= 4 is 69.1 Å². The smallest absolute Gasteiger partial charge is 0.338 e. The molecule has 624 valence electrons. The summed E-state index contributed by atoms with van der Waals surface area (Å²) < 4.78 is 90.7. The van der Waals surface area contributed by atoms with Crippen LogP contribution in [-0.4, -0.2) is 224 Å². The second kappa shape index (κ2) is 35.7. The van der Waals surface area contributed by atoms with Gasteiger partial charge in [0, 0.05) is 59.1 Å². The lowest BCUT2D eigenvalue weighted by atomic mass is 9.82. The molecule has 2 unspecified atom stereocenters. The third-order valence-corrected chi connectivity index (χ3v) is 23.7. The monoisotopic (exact) mass is 1620 g/mol. The molecule has 0 bridgehead atoms. The van der Waals surface area contributed by atoms with Crippen LogP contribution < -0.4 is 24.8 Å². The number of fused-ring (bicyclic) bond motifs is 4. The number of aliphatic hydroxyl groups is 7. The third kappa shape index (κ3) is 18.9. The van der Waals surface area contributed by atoms with Crippen LogP contribution in [0, 0.1) is 72.5 Å². The van der Waals surface area contributed by atoms with E-state index in [-0.39, 0.29) is 16.0 Å². The van der Waals surface area contributed by atoms with Crippen molar-refractivity contribution in [2.24, 2.45) is 37.9 Å². The molecule has 0 fully saturated rings. The van der Waals surface area contributed by atoms with E-state index in [4.69, 9.17) is 46.8 Å². The number of nitrogens with zero attached hydrogens (tertiary/aromatic N) is 2. The summed E-state index contributed by atoms with van der Waals surface area (Å²) in [5.74, 6) is -8.28. The van der Waals surface area contributed by atoms with Crippen molar-refractivity contribution in [2.45, 2.75) is 132 Å². The molecule has 0 aliphatic carbocycles. The highest BCUT2D eigenvalue weighted by molar-refractivity contribution is 7.86. The fourth-order valence-corrected chi connectivity index (χ4v) is 15.7. The average Bonchev–Trinajstić information content (AvgIpc) is 0.708. The van der Waals surface area contributed by atoms with E-state index in [0.717, 1.165) is 153 Å². The molecule has 5 aliphatic rings. The van der Waals surface area contributed by atoms with Crippen LogP contribution in [0.2, 0.25) is 0 Å². The highest BCUT2D eigenvalue weighted by Crippen LogP contribution is 2.49. The van der Waals surface area contributed by atoms with Crippen molar-refractivity contribution in [3.63, 3.8) is 0 Å². The Balaban J connectivity index is 0.958. The molecule has 7 N–H and O–H groups in total. The maximum Gasteiger partial charge on any atom is 0.338 e. The number of benzene rings is 5. The van der Waals surface area contributed by atoms with Gasteiger partial charge in [-0.05, 0) is 180 Å². The average molecular weight is 1620 g/mol.